The van der Waals surface area contributed by atoms with E-state index in [9.17, 15) is 0 Å². The lowest BCUT2D eigenvalue weighted by Gasteiger charge is -2.31. The number of nitrogens with one attached hydrogen (secondary N) is 1. The third-order valence-electron chi connectivity index (χ3n) is 4.49. The number of hydrogen-bond acceptors (Lipinski definition) is 4. The zero-order valence-electron chi connectivity index (χ0n) is 12.9. The van der Waals surface area contributed by atoms with Gasteiger partial charge < -0.3 is 19.7 Å². The van der Waals surface area contributed by atoms with Gasteiger partial charge in [-0.05, 0) is 63.1 Å². The van der Waals surface area contributed by atoms with Gasteiger partial charge >= 0.3 is 0 Å². The van der Waals surface area contributed by atoms with Gasteiger partial charge in [0.25, 0.3) is 0 Å². The number of piperidine rings is 1. The van der Waals surface area contributed by atoms with E-state index in [-0.39, 0.29) is 0 Å². The highest BCUT2D eigenvalue weighted by molar-refractivity contribution is 5.43. The van der Waals surface area contributed by atoms with Gasteiger partial charge in [-0.2, -0.15) is 0 Å². The minimum atomic E-state index is 0.657. The lowest BCUT2D eigenvalue weighted by atomic mass is 10.0. The van der Waals surface area contributed by atoms with Crippen molar-refractivity contribution in [2.45, 2.75) is 32.2 Å². The smallest absolute Gasteiger partial charge is 0.161 e. The van der Waals surface area contributed by atoms with E-state index in [1.807, 2.05) is 6.07 Å². The van der Waals surface area contributed by atoms with Crippen LogP contribution in [0.3, 0.4) is 0 Å². The van der Waals surface area contributed by atoms with Crippen molar-refractivity contribution in [3.05, 3.63) is 23.8 Å². The second-order valence-electron chi connectivity index (χ2n) is 5.89. The van der Waals surface area contributed by atoms with Crippen molar-refractivity contribution in [2.75, 3.05) is 39.4 Å². The fraction of sp³-hybridized carbons (Fsp3) is 0.647. The van der Waals surface area contributed by atoms with E-state index in [0.717, 1.165) is 24.5 Å². The maximum absolute atomic E-state index is 5.63. The van der Waals surface area contributed by atoms with Gasteiger partial charge in [-0.25, -0.2) is 0 Å². The second kappa shape index (κ2) is 7.14. The molecule has 0 aromatic heterocycles. The predicted octanol–water partition coefficient (Wildman–Crippen LogP) is 2.07. The minimum absolute atomic E-state index is 0.657. The van der Waals surface area contributed by atoms with Crippen molar-refractivity contribution in [3.63, 3.8) is 0 Å². The lowest BCUT2D eigenvalue weighted by Crippen LogP contribution is -2.42. The standard InChI is InChI=1S/C17H26N2O2/c1-2-19-9-6-15(7-10-19)18-8-5-14-3-4-16-17(13-14)21-12-11-20-16/h3-4,13,15,18H,2,5-12H2,1H3. The molecule has 0 unspecified atom stereocenters. The highest BCUT2D eigenvalue weighted by Gasteiger charge is 2.17. The number of nitrogens with zero attached hydrogens (tertiary/aromatic N) is 1. The van der Waals surface area contributed by atoms with Gasteiger partial charge in [-0.1, -0.05) is 13.0 Å². The fourth-order valence-electron chi connectivity index (χ4n) is 3.12. The van der Waals surface area contributed by atoms with Crippen LogP contribution in [-0.2, 0) is 6.42 Å². The molecule has 4 heteroatoms. The topological polar surface area (TPSA) is 33.7 Å². The summed E-state index contributed by atoms with van der Waals surface area (Å²) < 4.78 is 11.2. The molecule has 0 saturated carbocycles. The monoisotopic (exact) mass is 290 g/mol. The van der Waals surface area contributed by atoms with E-state index < -0.39 is 0 Å². The number of hydrogen-bond donors (Lipinski definition) is 1. The van der Waals surface area contributed by atoms with Gasteiger partial charge in [0.2, 0.25) is 0 Å². The van der Waals surface area contributed by atoms with Crippen molar-refractivity contribution in [1.82, 2.24) is 10.2 Å². The Hall–Kier alpha value is -1.26. The predicted molar refractivity (Wildman–Crippen MR) is 84.3 cm³/mol. The Morgan fingerprint density at radius 2 is 1.90 bits per heavy atom. The average molecular weight is 290 g/mol. The largest absolute Gasteiger partial charge is 0.486 e. The van der Waals surface area contributed by atoms with E-state index in [1.54, 1.807) is 0 Å². The number of ether oxygens (including phenoxy) is 2. The molecule has 116 valence electrons. The summed E-state index contributed by atoms with van der Waals surface area (Å²) in [4.78, 5) is 2.53. The Bertz CT molecular complexity index is 456. The van der Waals surface area contributed by atoms with E-state index in [4.69, 9.17) is 9.47 Å². The fourth-order valence-corrected chi connectivity index (χ4v) is 3.12. The van der Waals surface area contributed by atoms with Crippen molar-refractivity contribution < 1.29 is 9.47 Å². The molecular weight excluding hydrogens is 264 g/mol. The highest BCUT2D eigenvalue weighted by Crippen LogP contribution is 2.30. The van der Waals surface area contributed by atoms with E-state index in [1.165, 1.54) is 38.0 Å². The molecule has 0 spiro atoms. The molecule has 2 aliphatic heterocycles. The summed E-state index contributed by atoms with van der Waals surface area (Å²) in [6.45, 7) is 8.25. The third kappa shape index (κ3) is 3.89. The number of rotatable bonds is 5. The Morgan fingerprint density at radius 3 is 2.67 bits per heavy atom. The van der Waals surface area contributed by atoms with Crippen molar-refractivity contribution in [1.29, 1.82) is 0 Å². The molecule has 0 radical (unpaired) electrons. The first-order chi connectivity index (χ1) is 10.3. The molecule has 21 heavy (non-hydrogen) atoms. The second-order valence-corrected chi connectivity index (χ2v) is 5.89. The van der Waals surface area contributed by atoms with Crippen LogP contribution in [0.5, 0.6) is 11.5 Å². The summed E-state index contributed by atoms with van der Waals surface area (Å²) in [5, 5.41) is 3.70. The quantitative estimate of drug-likeness (QED) is 0.900. The van der Waals surface area contributed by atoms with Gasteiger partial charge in [-0.3, -0.25) is 0 Å². The maximum atomic E-state index is 5.63. The molecule has 4 nitrogen and oxygen atoms in total. The molecule has 1 aromatic rings. The number of likely N-dealkylation sites (tertiary alicyclic amines) is 1. The van der Waals surface area contributed by atoms with Crippen LogP contribution in [0.1, 0.15) is 25.3 Å². The molecule has 2 heterocycles. The first-order valence-corrected chi connectivity index (χ1v) is 8.19. The van der Waals surface area contributed by atoms with Crippen LogP contribution in [0.4, 0.5) is 0 Å². The Kier molecular flexibility index (Phi) is 4.99. The normalized spacial score (nSPS) is 19.7. The van der Waals surface area contributed by atoms with E-state index in [0.29, 0.717) is 19.3 Å². The first-order valence-electron chi connectivity index (χ1n) is 8.19. The van der Waals surface area contributed by atoms with Gasteiger partial charge in [0.05, 0.1) is 0 Å². The number of benzene rings is 1. The maximum Gasteiger partial charge on any atom is 0.161 e. The highest BCUT2D eigenvalue weighted by atomic mass is 16.6. The van der Waals surface area contributed by atoms with Gasteiger partial charge in [0.15, 0.2) is 11.5 Å². The van der Waals surface area contributed by atoms with E-state index in [2.05, 4.69) is 29.3 Å². The minimum Gasteiger partial charge on any atom is -0.486 e. The third-order valence-corrected chi connectivity index (χ3v) is 4.49. The van der Waals surface area contributed by atoms with Crippen LogP contribution in [0.2, 0.25) is 0 Å². The Balaban J connectivity index is 1.43. The average Bonchev–Trinajstić information content (AvgIpc) is 2.55. The molecular formula is C17H26N2O2. The first kappa shape index (κ1) is 14.7. The number of fused-ring (bicyclic) bond motifs is 1. The van der Waals surface area contributed by atoms with Crippen LogP contribution in [-0.4, -0.2) is 50.3 Å². The SMILES string of the molecule is CCN1CCC(NCCc2ccc3c(c2)OCCO3)CC1. The van der Waals surface area contributed by atoms with Crippen molar-refractivity contribution in [2.24, 2.45) is 0 Å². The molecule has 2 aliphatic rings. The van der Waals surface area contributed by atoms with Gasteiger partial charge in [0, 0.05) is 6.04 Å². The summed E-state index contributed by atoms with van der Waals surface area (Å²) in [7, 11) is 0. The Morgan fingerprint density at radius 1 is 1.14 bits per heavy atom. The van der Waals surface area contributed by atoms with Crippen LogP contribution >= 0.6 is 0 Å². The van der Waals surface area contributed by atoms with Gasteiger partial charge in [-0.15, -0.1) is 0 Å². The Labute approximate surface area is 127 Å². The lowest BCUT2D eigenvalue weighted by molar-refractivity contribution is 0.171. The van der Waals surface area contributed by atoms with E-state index >= 15 is 0 Å². The summed E-state index contributed by atoms with van der Waals surface area (Å²) in [6.07, 6.45) is 3.59. The zero-order valence-corrected chi connectivity index (χ0v) is 12.9. The van der Waals surface area contributed by atoms with Crippen LogP contribution in [0, 0.1) is 0 Å². The summed E-state index contributed by atoms with van der Waals surface area (Å²) in [5.74, 6) is 1.78. The molecule has 1 fully saturated rings. The van der Waals surface area contributed by atoms with Crippen molar-refractivity contribution in [3.8, 4) is 11.5 Å². The summed E-state index contributed by atoms with van der Waals surface area (Å²) >= 11 is 0. The van der Waals surface area contributed by atoms with Crippen LogP contribution in [0.25, 0.3) is 0 Å². The molecule has 0 atom stereocenters. The van der Waals surface area contributed by atoms with Gasteiger partial charge in [0.1, 0.15) is 13.2 Å². The molecule has 1 saturated heterocycles. The molecule has 0 aliphatic carbocycles. The van der Waals surface area contributed by atoms with Crippen LogP contribution in [0.15, 0.2) is 18.2 Å². The molecule has 1 aromatic carbocycles. The zero-order chi connectivity index (χ0) is 14.5. The summed E-state index contributed by atoms with van der Waals surface area (Å²) in [6, 6.07) is 6.99. The summed E-state index contributed by atoms with van der Waals surface area (Å²) in [5.41, 5.74) is 1.32. The molecule has 1 N–H and O–H groups in total. The van der Waals surface area contributed by atoms with Crippen molar-refractivity contribution >= 4 is 0 Å². The van der Waals surface area contributed by atoms with Crippen LogP contribution < -0.4 is 14.8 Å². The molecule has 0 amide bonds. The molecule has 0 bridgehead atoms. The molecule has 3 rings (SSSR count).